The number of nitrogens with one attached hydrogen (secondary N) is 2. The summed E-state index contributed by atoms with van der Waals surface area (Å²) in [6.07, 6.45) is 2.24. The normalized spacial score (nSPS) is 13.2. The SMILES string of the molecule is CNC(=O)C(C)CN(C)C(=O)NC(CCSC)C(=O)O. The van der Waals surface area contributed by atoms with E-state index in [1.807, 2.05) is 6.26 Å². The van der Waals surface area contributed by atoms with Gasteiger partial charge in [-0.2, -0.15) is 11.8 Å². The monoisotopic (exact) mass is 305 g/mol. The highest BCUT2D eigenvalue weighted by Gasteiger charge is 2.23. The molecule has 0 saturated heterocycles. The van der Waals surface area contributed by atoms with Crippen LogP contribution >= 0.6 is 11.8 Å². The third-order valence-electron chi connectivity index (χ3n) is 2.79. The number of carboxylic acid groups (broad SMARTS) is 1. The number of carboxylic acids is 1. The summed E-state index contributed by atoms with van der Waals surface area (Å²) in [4.78, 5) is 35.6. The lowest BCUT2D eigenvalue weighted by molar-refractivity contribution is -0.139. The molecule has 0 aliphatic carbocycles. The van der Waals surface area contributed by atoms with Gasteiger partial charge in [0.2, 0.25) is 5.91 Å². The van der Waals surface area contributed by atoms with Crippen molar-refractivity contribution in [1.82, 2.24) is 15.5 Å². The lowest BCUT2D eigenvalue weighted by Crippen LogP contribution is -2.48. The number of nitrogens with zero attached hydrogens (tertiary/aromatic N) is 1. The largest absolute Gasteiger partial charge is 0.480 e. The van der Waals surface area contributed by atoms with Crippen LogP contribution in [0.4, 0.5) is 4.79 Å². The highest BCUT2D eigenvalue weighted by molar-refractivity contribution is 7.98. The van der Waals surface area contributed by atoms with E-state index in [4.69, 9.17) is 5.11 Å². The van der Waals surface area contributed by atoms with Gasteiger partial charge in [-0.05, 0) is 18.4 Å². The van der Waals surface area contributed by atoms with Crippen LogP contribution in [-0.2, 0) is 9.59 Å². The second-order valence-corrected chi connectivity index (χ2v) is 5.50. The molecule has 0 bridgehead atoms. The van der Waals surface area contributed by atoms with Gasteiger partial charge < -0.3 is 20.6 Å². The Morgan fingerprint density at radius 2 is 1.95 bits per heavy atom. The maximum absolute atomic E-state index is 11.9. The highest BCUT2D eigenvalue weighted by atomic mass is 32.2. The van der Waals surface area contributed by atoms with Crippen LogP contribution in [-0.4, -0.2) is 66.6 Å². The van der Waals surface area contributed by atoms with E-state index in [2.05, 4.69) is 10.6 Å². The van der Waals surface area contributed by atoms with Gasteiger partial charge >= 0.3 is 12.0 Å². The maximum atomic E-state index is 11.9. The molecule has 0 aromatic heterocycles. The molecule has 3 amide bonds. The van der Waals surface area contributed by atoms with E-state index in [1.165, 1.54) is 30.8 Å². The van der Waals surface area contributed by atoms with E-state index in [1.54, 1.807) is 6.92 Å². The first kappa shape index (κ1) is 18.6. The summed E-state index contributed by atoms with van der Waals surface area (Å²) in [6, 6.07) is -1.40. The number of amides is 3. The van der Waals surface area contributed by atoms with Crippen molar-refractivity contribution < 1.29 is 19.5 Å². The molecule has 0 aromatic carbocycles. The van der Waals surface area contributed by atoms with Crippen LogP contribution in [0.25, 0.3) is 0 Å². The van der Waals surface area contributed by atoms with Crippen molar-refractivity contribution in [3.8, 4) is 0 Å². The van der Waals surface area contributed by atoms with E-state index >= 15 is 0 Å². The van der Waals surface area contributed by atoms with Gasteiger partial charge in [0.15, 0.2) is 0 Å². The third kappa shape index (κ3) is 6.65. The van der Waals surface area contributed by atoms with Crippen molar-refractivity contribution in [3.05, 3.63) is 0 Å². The first-order chi connectivity index (χ1) is 9.33. The molecule has 0 radical (unpaired) electrons. The predicted octanol–water partition coefficient (Wildman–Crippen LogP) is 0.216. The molecule has 0 rings (SSSR count). The van der Waals surface area contributed by atoms with Gasteiger partial charge in [-0.25, -0.2) is 9.59 Å². The lowest BCUT2D eigenvalue weighted by atomic mass is 10.1. The Morgan fingerprint density at radius 1 is 1.35 bits per heavy atom. The van der Waals surface area contributed by atoms with Gasteiger partial charge in [0, 0.05) is 20.6 Å². The highest BCUT2D eigenvalue weighted by Crippen LogP contribution is 2.03. The topological polar surface area (TPSA) is 98.7 Å². The Morgan fingerprint density at radius 3 is 2.40 bits per heavy atom. The summed E-state index contributed by atoms with van der Waals surface area (Å²) in [6.45, 7) is 1.92. The summed E-state index contributed by atoms with van der Waals surface area (Å²) >= 11 is 1.52. The Balaban J connectivity index is 4.41. The molecule has 8 heteroatoms. The molecule has 0 fully saturated rings. The van der Waals surface area contributed by atoms with Crippen LogP contribution < -0.4 is 10.6 Å². The van der Waals surface area contributed by atoms with Crippen LogP contribution in [0.2, 0.25) is 0 Å². The Labute approximate surface area is 123 Å². The minimum absolute atomic E-state index is 0.165. The molecular formula is C12H23N3O4S. The lowest BCUT2D eigenvalue weighted by Gasteiger charge is -2.23. The molecule has 7 nitrogen and oxygen atoms in total. The number of hydrogen-bond acceptors (Lipinski definition) is 4. The number of rotatable bonds is 8. The number of urea groups is 1. The fourth-order valence-electron chi connectivity index (χ4n) is 1.58. The van der Waals surface area contributed by atoms with E-state index in [0.29, 0.717) is 12.2 Å². The van der Waals surface area contributed by atoms with E-state index < -0.39 is 18.0 Å². The third-order valence-corrected chi connectivity index (χ3v) is 3.44. The van der Waals surface area contributed by atoms with Crippen LogP contribution in [0.1, 0.15) is 13.3 Å². The standard InChI is InChI=1S/C12H23N3O4S/c1-8(10(16)13-2)7-15(3)12(19)14-9(11(17)18)5-6-20-4/h8-9H,5-7H2,1-4H3,(H,13,16)(H,14,19)(H,17,18). The van der Waals surface area contributed by atoms with E-state index in [9.17, 15) is 14.4 Å². The second kappa shape index (κ2) is 9.46. The molecule has 0 saturated carbocycles. The first-order valence-electron chi connectivity index (χ1n) is 6.28. The molecule has 116 valence electrons. The smallest absolute Gasteiger partial charge is 0.326 e. The number of thioether (sulfide) groups is 1. The maximum Gasteiger partial charge on any atom is 0.326 e. The molecule has 2 atom stereocenters. The van der Waals surface area contributed by atoms with Crippen molar-refractivity contribution in [2.24, 2.45) is 5.92 Å². The molecule has 0 spiro atoms. The van der Waals surface area contributed by atoms with Gasteiger partial charge in [0.25, 0.3) is 0 Å². The molecule has 2 unspecified atom stereocenters. The fraction of sp³-hybridized carbons (Fsp3) is 0.750. The van der Waals surface area contributed by atoms with Gasteiger partial charge in [0.05, 0.1) is 5.92 Å². The van der Waals surface area contributed by atoms with Crippen molar-refractivity contribution in [2.75, 3.05) is 32.6 Å². The van der Waals surface area contributed by atoms with Gasteiger partial charge in [-0.15, -0.1) is 0 Å². The molecule has 0 heterocycles. The zero-order chi connectivity index (χ0) is 15.7. The van der Waals surface area contributed by atoms with Crippen molar-refractivity contribution >= 4 is 29.7 Å². The molecule has 0 aliphatic heterocycles. The van der Waals surface area contributed by atoms with Crippen molar-refractivity contribution in [2.45, 2.75) is 19.4 Å². The summed E-state index contributed by atoms with van der Waals surface area (Å²) < 4.78 is 0. The number of carbonyl (C=O) groups is 3. The molecule has 3 N–H and O–H groups in total. The second-order valence-electron chi connectivity index (χ2n) is 4.52. The zero-order valence-electron chi connectivity index (χ0n) is 12.3. The van der Waals surface area contributed by atoms with Crippen molar-refractivity contribution in [1.29, 1.82) is 0 Å². The Bertz CT molecular complexity index is 352. The minimum Gasteiger partial charge on any atom is -0.480 e. The Kier molecular flexibility index (Phi) is 8.78. The fourth-order valence-corrected chi connectivity index (χ4v) is 2.05. The van der Waals surface area contributed by atoms with Gasteiger partial charge in [-0.1, -0.05) is 6.92 Å². The number of aliphatic carboxylic acids is 1. The van der Waals surface area contributed by atoms with Gasteiger partial charge in [0.1, 0.15) is 6.04 Å². The van der Waals surface area contributed by atoms with Crippen LogP contribution in [0.5, 0.6) is 0 Å². The average molecular weight is 305 g/mol. The predicted molar refractivity (Wildman–Crippen MR) is 78.8 cm³/mol. The summed E-state index contributed by atoms with van der Waals surface area (Å²) in [5, 5.41) is 14.0. The van der Waals surface area contributed by atoms with E-state index in [0.717, 1.165) is 0 Å². The summed E-state index contributed by atoms with van der Waals surface area (Å²) in [7, 11) is 3.06. The summed E-state index contributed by atoms with van der Waals surface area (Å²) in [5.74, 6) is -0.928. The average Bonchev–Trinajstić information content (AvgIpc) is 2.41. The summed E-state index contributed by atoms with van der Waals surface area (Å²) in [5.41, 5.74) is 0. The van der Waals surface area contributed by atoms with Crippen LogP contribution in [0.15, 0.2) is 0 Å². The number of hydrogen-bond donors (Lipinski definition) is 3. The number of carbonyl (C=O) groups excluding carboxylic acids is 2. The van der Waals surface area contributed by atoms with Crippen LogP contribution in [0, 0.1) is 5.92 Å². The molecule has 0 aromatic rings. The molecule has 0 aliphatic rings. The molecule has 20 heavy (non-hydrogen) atoms. The van der Waals surface area contributed by atoms with Crippen molar-refractivity contribution in [3.63, 3.8) is 0 Å². The minimum atomic E-state index is -1.06. The Hall–Kier alpha value is -1.44. The van der Waals surface area contributed by atoms with Crippen LogP contribution in [0.3, 0.4) is 0 Å². The zero-order valence-corrected chi connectivity index (χ0v) is 13.1. The van der Waals surface area contributed by atoms with Gasteiger partial charge in [-0.3, -0.25) is 4.79 Å². The van der Waals surface area contributed by atoms with E-state index in [-0.39, 0.29) is 18.4 Å². The quantitative estimate of drug-likeness (QED) is 0.596. The molecular weight excluding hydrogens is 282 g/mol. The first-order valence-corrected chi connectivity index (χ1v) is 7.67.